The fraction of sp³-hybridized carbons (Fsp3) is 0.0370. The van der Waals surface area contributed by atoms with Crippen molar-refractivity contribution in [3.8, 4) is 17.2 Å². The second-order valence-corrected chi connectivity index (χ2v) is 7.12. The van der Waals surface area contributed by atoms with E-state index in [1.165, 1.54) is 12.1 Å². The number of para-hydroxylation sites is 1. The zero-order valence-corrected chi connectivity index (χ0v) is 17.1. The fourth-order valence-electron chi connectivity index (χ4n) is 3.25. The zero-order chi connectivity index (χ0) is 22.3. The van der Waals surface area contributed by atoms with Crippen LogP contribution in [0.15, 0.2) is 103 Å². The lowest BCUT2D eigenvalue weighted by atomic mass is 9.99. The van der Waals surface area contributed by atoms with E-state index in [9.17, 15) is 14.7 Å². The molecule has 0 fully saturated rings. The molecule has 0 bridgehead atoms. The van der Waals surface area contributed by atoms with Crippen molar-refractivity contribution in [1.82, 2.24) is 0 Å². The number of carboxylic acids is 1. The highest BCUT2D eigenvalue weighted by atomic mass is 16.5. The lowest BCUT2D eigenvalue weighted by Gasteiger charge is -2.10. The van der Waals surface area contributed by atoms with E-state index in [0.717, 1.165) is 5.56 Å². The van der Waals surface area contributed by atoms with Crippen LogP contribution in [0.1, 0.15) is 31.8 Å². The first-order valence-corrected chi connectivity index (χ1v) is 10.0. The molecule has 5 heteroatoms. The standard InChI is InChI=1S/C27H20O5/c28-26(29)25-16-15-24(18-21(25)17-19-7-3-1-4-8-19)32-27(30)20-11-13-23(14-12-20)31-22-9-5-2-6-10-22/h1-16,18H,17H2,(H,28,29). The third-order valence-electron chi connectivity index (χ3n) is 4.82. The molecule has 0 atom stereocenters. The maximum Gasteiger partial charge on any atom is 0.343 e. The molecule has 0 amide bonds. The van der Waals surface area contributed by atoms with Gasteiger partial charge >= 0.3 is 11.9 Å². The van der Waals surface area contributed by atoms with Crippen LogP contribution in [0.2, 0.25) is 0 Å². The van der Waals surface area contributed by atoms with Crippen LogP contribution in [-0.2, 0) is 6.42 Å². The molecule has 158 valence electrons. The Bertz CT molecular complexity index is 1220. The molecule has 32 heavy (non-hydrogen) atoms. The molecule has 0 aliphatic heterocycles. The molecule has 0 saturated heterocycles. The molecule has 4 rings (SSSR count). The van der Waals surface area contributed by atoms with Crippen molar-refractivity contribution in [2.24, 2.45) is 0 Å². The molecule has 4 aromatic carbocycles. The molecule has 0 radical (unpaired) electrons. The number of ether oxygens (including phenoxy) is 2. The number of esters is 1. The number of carboxylic acid groups (broad SMARTS) is 1. The molecule has 0 aromatic heterocycles. The van der Waals surface area contributed by atoms with E-state index in [2.05, 4.69) is 0 Å². The first-order valence-electron chi connectivity index (χ1n) is 10.0. The lowest BCUT2D eigenvalue weighted by Crippen LogP contribution is -2.10. The average molecular weight is 424 g/mol. The number of carbonyl (C=O) groups excluding carboxylic acids is 1. The predicted octanol–water partition coefficient (Wildman–Crippen LogP) is 5.99. The van der Waals surface area contributed by atoms with Gasteiger partial charge in [0.05, 0.1) is 11.1 Å². The molecule has 0 unspecified atom stereocenters. The van der Waals surface area contributed by atoms with Crippen LogP contribution in [0.5, 0.6) is 17.2 Å². The summed E-state index contributed by atoms with van der Waals surface area (Å²) in [5, 5.41) is 9.51. The van der Waals surface area contributed by atoms with Gasteiger partial charge in [0.15, 0.2) is 0 Å². The summed E-state index contributed by atoms with van der Waals surface area (Å²) >= 11 is 0. The van der Waals surface area contributed by atoms with Crippen molar-refractivity contribution in [1.29, 1.82) is 0 Å². The maximum atomic E-state index is 12.6. The highest BCUT2D eigenvalue weighted by molar-refractivity contribution is 5.92. The van der Waals surface area contributed by atoms with Crippen LogP contribution in [0, 0.1) is 0 Å². The van der Waals surface area contributed by atoms with Crippen LogP contribution < -0.4 is 9.47 Å². The van der Waals surface area contributed by atoms with Crippen molar-refractivity contribution in [3.63, 3.8) is 0 Å². The van der Waals surface area contributed by atoms with Crippen LogP contribution in [0.4, 0.5) is 0 Å². The summed E-state index contributed by atoms with van der Waals surface area (Å²) in [4.78, 5) is 24.2. The molecular weight excluding hydrogens is 404 g/mol. The quantitative estimate of drug-likeness (QED) is 0.292. The Kier molecular flexibility index (Phi) is 6.28. The summed E-state index contributed by atoms with van der Waals surface area (Å²) < 4.78 is 11.2. The van der Waals surface area contributed by atoms with E-state index < -0.39 is 11.9 Å². The molecule has 4 aromatic rings. The third-order valence-corrected chi connectivity index (χ3v) is 4.82. The van der Waals surface area contributed by atoms with Crippen LogP contribution in [-0.4, -0.2) is 17.0 Å². The summed E-state index contributed by atoms with van der Waals surface area (Å²) in [6.45, 7) is 0. The van der Waals surface area contributed by atoms with Gasteiger partial charge in [0.25, 0.3) is 0 Å². The van der Waals surface area contributed by atoms with Crippen molar-refractivity contribution >= 4 is 11.9 Å². The minimum Gasteiger partial charge on any atom is -0.478 e. The van der Waals surface area contributed by atoms with E-state index in [0.29, 0.717) is 29.0 Å². The Labute approximate surface area is 185 Å². The van der Waals surface area contributed by atoms with E-state index in [1.807, 2.05) is 60.7 Å². The molecule has 5 nitrogen and oxygen atoms in total. The average Bonchev–Trinajstić information content (AvgIpc) is 2.81. The third kappa shape index (κ3) is 5.21. The number of rotatable bonds is 7. The summed E-state index contributed by atoms with van der Waals surface area (Å²) in [5.41, 5.74) is 2.07. The second-order valence-electron chi connectivity index (χ2n) is 7.12. The molecule has 0 aliphatic carbocycles. The lowest BCUT2D eigenvalue weighted by molar-refractivity contribution is 0.0695. The van der Waals surface area contributed by atoms with Crippen molar-refractivity contribution < 1.29 is 24.2 Å². The number of aromatic carboxylic acids is 1. The van der Waals surface area contributed by atoms with Gasteiger partial charge in [-0.15, -0.1) is 0 Å². The van der Waals surface area contributed by atoms with Crippen LogP contribution >= 0.6 is 0 Å². The minimum absolute atomic E-state index is 0.177. The Balaban J connectivity index is 1.49. The van der Waals surface area contributed by atoms with Gasteiger partial charge in [0.2, 0.25) is 0 Å². The largest absolute Gasteiger partial charge is 0.478 e. The van der Waals surface area contributed by atoms with Gasteiger partial charge in [-0.25, -0.2) is 9.59 Å². The van der Waals surface area contributed by atoms with E-state index in [-0.39, 0.29) is 11.3 Å². The molecular formula is C27H20O5. The molecule has 0 heterocycles. The Morgan fingerprint density at radius 1 is 0.688 bits per heavy atom. The number of carbonyl (C=O) groups is 2. The Morgan fingerprint density at radius 3 is 1.94 bits per heavy atom. The topological polar surface area (TPSA) is 72.8 Å². The molecule has 0 aliphatic rings. The number of hydrogen-bond acceptors (Lipinski definition) is 4. The Morgan fingerprint density at radius 2 is 1.28 bits per heavy atom. The number of hydrogen-bond donors (Lipinski definition) is 1. The van der Waals surface area contributed by atoms with Crippen molar-refractivity contribution in [3.05, 3.63) is 125 Å². The van der Waals surface area contributed by atoms with Gasteiger partial charge in [-0.3, -0.25) is 0 Å². The monoisotopic (exact) mass is 424 g/mol. The summed E-state index contributed by atoms with van der Waals surface area (Å²) in [6, 6.07) is 30.0. The first-order chi connectivity index (χ1) is 15.6. The van der Waals surface area contributed by atoms with Crippen molar-refractivity contribution in [2.45, 2.75) is 6.42 Å². The maximum absolute atomic E-state index is 12.6. The van der Waals surface area contributed by atoms with Gasteiger partial charge < -0.3 is 14.6 Å². The SMILES string of the molecule is O=C(Oc1ccc(C(=O)O)c(Cc2ccccc2)c1)c1ccc(Oc2ccccc2)cc1. The molecule has 0 spiro atoms. The summed E-state index contributed by atoms with van der Waals surface area (Å²) in [7, 11) is 0. The number of benzene rings is 4. The van der Waals surface area contributed by atoms with Crippen LogP contribution in [0.25, 0.3) is 0 Å². The molecule has 1 N–H and O–H groups in total. The smallest absolute Gasteiger partial charge is 0.343 e. The fourth-order valence-corrected chi connectivity index (χ4v) is 3.25. The summed E-state index contributed by atoms with van der Waals surface area (Å²) in [5.74, 6) is 0.0272. The van der Waals surface area contributed by atoms with Gasteiger partial charge in [-0.2, -0.15) is 0 Å². The molecule has 0 saturated carbocycles. The Hall–Kier alpha value is -4.38. The predicted molar refractivity (Wildman–Crippen MR) is 121 cm³/mol. The highest BCUT2D eigenvalue weighted by Gasteiger charge is 2.15. The van der Waals surface area contributed by atoms with Crippen molar-refractivity contribution in [2.75, 3.05) is 0 Å². The van der Waals surface area contributed by atoms with Gasteiger partial charge in [0, 0.05) is 0 Å². The van der Waals surface area contributed by atoms with E-state index >= 15 is 0 Å². The van der Waals surface area contributed by atoms with Gasteiger partial charge in [-0.1, -0.05) is 48.5 Å². The first kappa shape index (κ1) is 20.9. The van der Waals surface area contributed by atoms with Gasteiger partial charge in [-0.05, 0) is 72.1 Å². The van der Waals surface area contributed by atoms with Gasteiger partial charge in [0.1, 0.15) is 17.2 Å². The zero-order valence-electron chi connectivity index (χ0n) is 17.1. The second kappa shape index (κ2) is 9.62. The highest BCUT2D eigenvalue weighted by Crippen LogP contribution is 2.24. The van der Waals surface area contributed by atoms with E-state index in [1.54, 1.807) is 30.3 Å². The normalized spacial score (nSPS) is 10.4. The van der Waals surface area contributed by atoms with Crippen LogP contribution in [0.3, 0.4) is 0 Å². The van der Waals surface area contributed by atoms with E-state index in [4.69, 9.17) is 9.47 Å². The minimum atomic E-state index is -1.03. The summed E-state index contributed by atoms with van der Waals surface area (Å²) in [6.07, 6.45) is 0.416.